The molecule has 2 aromatic rings. The van der Waals surface area contributed by atoms with Gasteiger partial charge in [-0.3, -0.25) is 9.69 Å². The van der Waals surface area contributed by atoms with Gasteiger partial charge in [0, 0.05) is 13.0 Å². The standard InChI is InChI=1S/C17H23N5O/c1-12-6-4-7-13(10-12)16(21(2)3)17(23)18-11-15-20-19-14-8-5-9-22(14)15/h4,6-7,10,16H,5,8-9,11H2,1-3H3,(H,18,23). The van der Waals surface area contributed by atoms with Crippen molar-refractivity contribution in [3.05, 3.63) is 47.0 Å². The molecule has 122 valence electrons. The first-order chi connectivity index (χ1) is 11.1. The van der Waals surface area contributed by atoms with E-state index in [1.54, 1.807) is 0 Å². The molecule has 0 saturated carbocycles. The molecule has 0 radical (unpaired) electrons. The zero-order valence-corrected chi connectivity index (χ0v) is 13.9. The number of amides is 1. The van der Waals surface area contributed by atoms with Crippen molar-refractivity contribution in [2.75, 3.05) is 14.1 Å². The first-order valence-electron chi connectivity index (χ1n) is 7.98. The van der Waals surface area contributed by atoms with Crippen molar-refractivity contribution >= 4 is 5.91 Å². The van der Waals surface area contributed by atoms with Crippen LogP contribution in [0.4, 0.5) is 0 Å². The molecule has 6 nitrogen and oxygen atoms in total. The predicted molar refractivity (Wildman–Crippen MR) is 87.8 cm³/mol. The Morgan fingerprint density at radius 3 is 2.96 bits per heavy atom. The summed E-state index contributed by atoms with van der Waals surface area (Å²) in [6, 6.07) is 7.76. The monoisotopic (exact) mass is 313 g/mol. The second-order valence-electron chi connectivity index (χ2n) is 6.29. The number of aromatic nitrogens is 3. The molecule has 0 aliphatic carbocycles. The van der Waals surface area contributed by atoms with E-state index in [1.807, 2.05) is 44.1 Å². The van der Waals surface area contributed by atoms with Crippen LogP contribution in [0.1, 0.15) is 35.2 Å². The summed E-state index contributed by atoms with van der Waals surface area (Å²) in [5.41, 5.74) is 2.15. The van der Waals surface area contributed by atoms with Crippen LogP contribution < -0.4 is 5.32 Å². The van der Waals surface area contributed by atoms with Gasteiger partial charge >= 0.3 is 0 Å². The Labute approximate surface area is 136 Å². The lowest BCUT2D eigenvalue weighted by molar-refractivity contribution is -0.126. The zero-order valence-electron chi connectivity index (χ0n) is 13.9. The topological polar surface area (TPSA) is 63.1 Å². The molecule has 2 heterocycles. The highest BCUT2D eigenvalue weighted by molar-refractivity contribution is 5.83. The number of likely N-dealkylation sites (N-methyl/N-ethyl adjacent to an activating group) is 1. The normalized spacial score (nSPS) is 14.8. The summed E-state index contributed by atoms with van der Waals surface area (Å²) in [5, 5.41) is 11.4. The molecule has 1 aliphatic rings. The Kier molecular flexibility index (Phi) is 4.43. The van der Waals surface area contributed by atoms with E-state index in [2.05, 4.69) is 26.1 Å². The van der Waals surface area contributed by atoms with E-state index in [0.29, 0.717) is 6.54 Å². The quantitative estimate of drug-likeness (QED) is 0.907. The fourth-order valence-electron chi connectivity index (χ4n) is 3.13. The molecule has 3 rings (SSSR count). The van der Waals surface area contributed by atoms with Crippen molar-refractivity contribution in [2.24, 2.45) is 0 Å². The number of aryl methyl sites for hydroxylation is 2. The number of carbonyl (C=O) groups excluding carboxylic acids is 1. The second-order valence-corrected chi connectivity index (χ2v) is 6.29. The van der Waals surface area contributed by atoms with Crippen LogP contribution in [0.3, 0.4) is 0 Å². The SMILES string of the molecule is Cc1cccc(C(C(=O)NCc2nnc3n2CCC3)N(C)C)c1. The lowest BCUT2D eigenvalue weighted by atomic mass is 10.0. The third-order valence-electron chi connectivity index (χ3n) is 4.23. The molecule has 0 saturated heterocycles. The average molecular weight is 313 g/mol. The Bertz CT molecular complexity index is 707. The van der Waals surface area contributed by atoms with Gasteiger partial charge in [0.25, 0.3) is 0 Å². The van der Waals surface area contributed by atoms with Crippen molar-refractivity contribution in [1.29, 1.82) is 0 Å². The maximum Gasteiger partial charge on any atom is 0.242 e. The van der Waals surface area contributed by atoms with Crippen LogP contribution in [-0.2, 0) is 24.3 Å². The number of carbonyl (C=O) groups is 1. The molecule has 6 heteroatoms. The lowest BCUT2D eigenvalue weighted by Crippen LogP contribution is -2.37. The second kappa shape index (κ2) is 6.50. The molecular formula is C17H23N5O. The van der Waals surface area contributed by atoms with Crippen molar-refractivity contribution < 1.29 is 4.79 Å². The third-order valence-corrected chi connectivity index (χ3v) is 4.23. The summed E-state index contributed by atoms with van der Waals surface area (Å²) < 4.78 is 2.11. The summed E-state index contributed by atoms with van der Waals surface area (Å²) in [5.74, 6) is 1.85. The van der Waals surface area contributed by atoms with Crippen molar-refractivity contribution in [3.8, 4) is 0 Å². The summed E-state index contributed by atoms with van der Waals surface area (Å²) >= 11 is 0. The van der Waals surface area contributed by atoms with Gasteiger partial charge in [-0.25, -0.2) is 0 Å². The number of benzene rings is 1. The number of rotatable bonds is 5. The Balaban J connectivity index is 1.72. The van der Waals surface area contributed by atoms with Crippen molar-refractivity contribution in [3.63, 3.8) is 0 Å². The van der Waals surface area contributed by atoms with Gasteiger partial charge in [-0.15, -0.1) is 10.2 Å². The molecule has 1 aromatic heterocycles. The minimum absolute atomic E-state index is 0.0176. The van der Waals surface area contributed by atoms with Gasteiger partial charge < -0.3 is 9.88 Å². The summed E-state index contributed by atoms with van der Waals surface area (Å²) in [4.78, 5) is 14.6. The van der Waals surface area contributed by atoms with Crippen LogP contribution in [0.25, 0.3) is 0 Å². The Morgan fingerprint density at radius 1 is 1.39 bits per heavy atom. The molecule has 0 bridgehead atoms. The Morgan fingerprint density at radius 2 is 2.22 bits per heavy atom. The highest BCUT2D eigenvalue weighted by Gasteiger charge is 2.24. The average Bonchev–Trinajstić information content (AvgIpc) is 3.08. The van der Waals surface area contributed by atoms with Crippen LogP contribution in [0.5, 0.6) is 0 Å². The first kappa shape index (κ1) is 15.7. The van der Waals surface area contributed by atoms with E-state index in [-0.39, 0.29) is 11.9 Å². The molecule has 23 heavy (non-hydrogen) atoms. The van der Waals surface area contributed by atoms with Crippen LogP contribution in [0.2, 0.25) is 0 Å². The van der Waals surface area contributed by atoms with E-state index in [0.717, 1.165) is 42.2 Å². The summed E-state index contributed by atoms with van der Waals surface area (Å²) in [6.07, 6.45) is 2.08. The minimum atomic E-state index is -0.309. The predicted octanol–water partition coefficient (Wildman–Crippen LogP) is 1.45. The maximum absolute atomic E-state index is 12.7. The van der Waals surface area contributed by atoms with Gasteiger partial charge in [0.1, 0.15) is 11.9 Å². The van der Waals surface area contributed by atoms with Crippen LogP contribution in [0.15, 0.2) is 24.3 Å². The lowest BCUT2D eigenvalue weighted by Gasteiger charge is -2.24. The van der Waals surface area contributed by atoms with Gasteiger partial charge in [-0.1, -0.05) is 29.8 Å². The smallest absolute Gasteiger partial charge is 0.242 e. The van der Waals surface area contributed by atoms with Crippen molar-refractivity contribution in [2.45, 2.75) is 38.9 Å². The number of hydrogen-bond acceptors (Lipinski definition) is 4. The molecule has 1 atom stereocenters. The number of nitrogens with zero attached hydrogens (tertiary/aromatic N) is 4. The number of fused-ring (bicyclic) bond motifs is 1. The van der Waals surface area contributed by atoms with Gasteiger partial charge in [-0.05, 0) is 33.0 Å². The molecule has 0 fully saturated rings. The van der Waals surface area contributed by atoms with E-state index in [4.69, 9.17) is 0 Å². The molecule has 1 unspecified atom stereocenters. The van der Waals surface area contributed by atoms with Crippen molar-refractivity contribution in [1.82, 2.24) is 25.0 Å². The van der Waals surface area contributed by atoms with Gasteiger partial charge in [0.2, 0.25) is 5.91 Å². The van der Waals surface area contributed by atoms with Gasteiger partial charge in [0.05, 0.1) is 6.54 Å². The minimum Gasteiger partial charge on any atom is -0.347 e. The fraction of sp³-hybridized carbons (Fsp3) is 0.471. The molecular weight excluding hydrogens is 290 g/mol. The molecule has 0 spiro atoms. The van der Waals surface area contributed by atoms with E-state index in [9.17, 15) is 4.79 Å². The maximum atomic E-state index is 12.7. The largest absolute Gasteiger partial charge is 0.347 e. The highest BCUT2D eigenvalue weighted by Crippen LogP contribution is 2.20. The number of hydrogen-bond donors (Lipinski definition) is 1. The zero-order chi connectivity index (χ0) is 16.4. The summed E-state index contributed by atoms with van der Waals surface area (Å²) in [6.45, 7) is 3.40. The molecule has 1 aliphatic heterocycles. The molecule has 1 aromatic carbocycles. The Hall–Kier alpha value is -2.21. The van der Waals surface area contributed by atoms with E-state index < -0.39 is 0 Å². The fourth-order valence-corrected chi connectivity index (χ4v) is 3.13. The number of nitrogens with one attached hydrogen (secondary N) is 1. The summed E-state index contributed by atoms with van der Waals surface area (Å²) in [7, 11) is 3.84. The van der Waals surface area contributed by atoms with Crippen LogP contribution in [-0.4, -0.2) is 39.7 Å². The molecule has 1 N–H and O–H groups in total. The third kappa shape index (κ3) is 3.27. The highest BCUT2D eigenvalue weighted by atomic mass is 16.2. The van der Waals surface area contributed by atoms with Crippen LogP contribution in [0, 0.1) is 6.92 Å². The van der Waals surface area contributed by atoms with E-state index >= 15 is 0 Å². The van der Waals surface area contributed by atoms with Crippen LogP contribution >= 0.6 is 0 Å². The first-order valence-corrected chi connectivity index (χ1v) is 7.98. The van der Waals surface area contributed by atoms with Gasteiger partial charge in [0.15, 0.2) is 5.82 Å². The van der Waals surface area contributed by atoms with E-state index in [1.165, 1.54) is 0 Å². The van der Waals surface area contributed by atoms with Gasteiger partial charge in [-0.2, -0.15) is 0 Å². The molecule has 1 amide bonds.